The van der Waals surface area contributed by atoms with E-state index in [-0.39, 0.29) is 17.9 Å². The van der Waals surface area contributed by atoms with Gasteiger partial charge in [-0.2, -0.15) is 0 Å². The molecule has 0 radical (unpaired) electrons. The Bertz CT molecular complexity index is 406. The van der Waals surface area contributed by atoms with Gasteiger partial charge in [0.15, 0.2) is 0 Å². The number of likely N-dealkylation sites (N-methyl/N-ethyl adjacent to an activating group) is 1. The third kappa shape index (κ3) is 2.13. The van der Waals surface area contributed by atoms with Crippen LogP contribution in [0.5, 0.6) is 0 Å². The number of aliphatic hydroxyl groups excluding tert-OH is 1. The number of rotatable bonds is 4. The lowest BCUT2D eigenvalue weighted by atomic mass is 9.93. The van der Waals surface area contributed by atoms with E-state index >= 15 is 0 Å². The second-order valence-electron chi connectivity index (χ2n) is 4.74. The van der Waals surface area contributed by atoms with Gasteiger partial charge in [-0.05, 0) is 17.9 Å². The van der Waals surface area contributed by atoms with E-state index in [0.717, 1.165) is 12.0 Å². The molecule has 0 unspecified atom stereocenters. The Hall–Kier alpha value is -1.55. The molecule has 92 valence electrons. The topological polar surface area (TPSA) is 60.8 Å². The summed E-state index contributed by atoms with van der Waals surface area (Å²) in [6.07, 6.45) is -0.0746. The van der Waals surface area contributed by atoms with Crippen molar-refractivity contribution in [2.24, 2.45) is 5.92 Å². The Morgan fingerprint density at radius 3 is 2.59 bits per heavy atom. The maximum absolute atomic E-state index is 10.9. The summed E-state index contributed by atoms with van der Waals surface area (Å²) in [7, 11) is 1.57. The van der Waals surface area contributed by atoms with Gasteiger partial charge in [-0.3, -0.25) is 0 Å². The van der Waals surface area contributed by atoms with Gasteiger partial charge in [0.1, 0.15) is 0 Å². The number of aliphatic hydroxyl groups is 1. The summed E-state index contributed by atoms with van der Waals surface area (Å²) in [4.78, 5) is 12.2. The molecule has 4 heteroatoms. The van der Waals surface area contributed by atoms with E-state index in [2.05, 4.69) is 0 Å². The second kappa shape index (κ2) is 4.37. The largest absolute Gasteiger partial charge is 0.465 e. The second-order valence-corrected chi connectivity index (χ2v) is 4.74. The fourth-order valence-electron chi connectivity index (χ4n) is 2.52. The molecule has 0 saturated heterocycles. The summed E-state index contributed by atoms with van der Waals surface area (Å²) in [5.74, 6) is 0.173. The van der Waals surface area contributed by atoms with Gasteiger partial charge in [0, 0.05) is 25.6 Å². The predicted molar refractivity (Wildman–Crippen MR) is 64.0 cm³/mol. The smallest absolute Gasteiger partial charge is 0.407 e. The average Bonchev–Trinajstić information content (AvgIpc) is 3.05. The molecule has 1 aromatic rings. The molecule has 1 fully saturated rings. The molecule has 0 aliphatic heterocycles. The number of carboxylic acid groups (broad SMARTS) is 1. The summed E-state index contributed by atoms with van der Waals surface area (Å²) in [6, 6.07) is 9.85. The van der Waals surface area contributed by atoms with Gasteiger partial charge in [0.25, 0.3) is 0 Å². The third-order valence-corrected chi connectivity index (χ3v) is 3.65. The van der Waals surface area contributed by atoms with Crippen LogP contribution in [0, 0.1) is 5.92 Å². The molecule has 0 bridgehead atoms. The summed E-state index contributed by atoms with van der Waals surface area (Å²) in [5, 5.41) is 18.2. The van der Waals surface area contributed by atoms with Crippen LogP contribution in [0.2, 0.25) is 0 Å². The lowest BCUT2D eigenvalue weighted by Crippen LogP contribution is -2.34. The van der Waals surface area contributed by atoms with Crippen LogP contribution in [0.1, 0.15) is 12.0 Å². The van der Waals surface area contributed by atoms with Gasteiger partial charge in [-0.25, -0.2) is 4.79 Å². The quantitative estimate of drug-likeness (QED) is 0.832. The fourth-order valence-corrected chi connectivity index (χ4v) is 2.52. The molecule has 1 aliphatic rings. The van der Waals surface area contributed by atoms with E-state index in [1.807, 2.05) is 30.3 Å². The first-order valence-corrected chi connectivity index (χ1v) is 5.70. The molecule has 1 aliphatic carbocycles. The minimum atomic E-state index is -0.927. The van der Waals surface area contributed by atoms with Crippen molar-refractivity contribution in [3.8, 4) is 0 Å². The Morgan fingerprint density at radius 2 is 2.12 bits per heavy atom. The highest BCUT2D eigenvalue weighted by atomic mass is 16.4. The van der Waals surface area contributed by atoms with Crippen molar-refractivity contribution in [2.45, 2.75) is 11.8 Å². The minimum absolute atomic E-state index is 0.113. The molecule has 1 saturated carbocycles. The normalized spacial score (nSPS) is 26.6. The predicted octanol–water partition coefficient (Wildman–Crippen LogP) is 1.55. The highest BCUT2D eigenvalue weighted by Crippen LogP contribution is 2.54. The highest BCUT2D eigenvalue weighted by molar-refractivity contribution is 5.65. The molecule has 2 atom stereocenters. The Kier molecular flexibility index (Phi) is 3.07. The molecule has 0 spiro atoms. The van der Waals surface area contributed by atoms with Gasteiger partial charge in [0.05, 0.1) is 0 Å². The van der Waals surface area contributed by atoms with Crippen LogP contribution in [-0.4, -0.2) is 41.4 Å². The molecule has 4 nitrogen and oxygen atoms in total. The number of carbonyl (C=O) groups is 1. The monoisotopic (exact) mass is 235 g/mol. The van der Waals surface area contributed by atoms with Crippen molar-refractivity contribution in [1.29, 1.82) is 0 Å². The van der Waals surface area contributed by atoms with Crippen molar-refractivity contribution in [1.82, 2.24) is 4.90 Å². The van der Waals surface area contributed by atoms with E-state index in [1.165, 1.54) is 4.90 Å². The Balaban J connectivity index is 2.21. The zero-order valence-electron chi connectivity index (χ0n) is 9.84. The first-order chi connectivity index (χ1) is 8.10. The number of benzene rings is 1. The number of nitrogens with zero attached hydrogens (tertiary/aromatic N) is 1. The van der Waals surface area contributed by atoms with Crippen LogP contribution in [0.3, 0.4) is 0 Å². The van der Waals surface area contributed by atoms with Crippen molar-refractivity contribution >= 4 is 6.09 Å². The first kappa shape index (κ1) is 11.9. The summed E-state index contributed by atoms with van der Waals surface area (Å²) >= 11 is 0. The van der Waals surface area contributed by atoms with Crippen molar-refractivity contribution in [3.05, 3.63) is 35.9 Å². The molecule has 1 amide bonds. The fraction of sp³-hybridized carbons (Fsp3) is 0.462. The number of hydrogen-bond acceptors (Lipinski definition) is 2. The van der Waals surface area contributed by atoms with Crippen LogP contribution in [0.25, 0.3) is 0 Å². The van der Waals surface area contributed by atoms with E-state index in [1.54, 1.807) is 7.05 Å². The van der Waals surface area contributed by atoms with Gasteiger partial charge in [0.2, 0.25) is 0 Å². The molecule has 2 rings (SSSR count). The van der Waals surface area contributed by atoms with Crippen LogP contribution in [-0.2, 0) is 5.41 Å². The average molecular weight is 235 g/mol. The van der Waals surface area contributed by atoms with E-state index in [9.17, 15) is 9.90 Å². The van der Waals surface area contributed by atoms with Gasteiger partial charge in [-0.15, -0.1) is 0 Å². The van der Waals surface area contributed by atoms with E-state index < -0.39 is 6.09 Å². The zero-order valence-corrected chi connectivity index (χ0v) is 9.84. The Labute approximate surface area is 100 Å². The lowest BCUT2D eigenvalue weighted by molar-refractivity contribution is 0.149. The number of amides is 1. The summed E-state index contributed by atoms with van der Waals surface area (Å²) < 4.78 is 0. The third-order valence-electron chi connectivity index (χ3n) is 3.65. The molecule has 0 aromatic heterocycles. The molecular weight excluding hydrogens is 218 g/mol. The van der Waals surface area contributed by atoms with Crippen LogP contribution in [0.4, 0.5) is 4.79 Å². The van der Waals surface area contributed by atoms with E-state index in [4.69, 9.17) is 5.11 Å². The van der Waals surface area contributed by atoms with Crippen molar-refractivity contribution < 1.29 is 15.0 Å². The van der Waals surface area contributed by atoms with Crippen molar-refractivity contribution in [3.63, 3.8) is 0 Å². The van der Waals surface area contributed by atoms with Crippen LogP contribution < -0.4 is 0 Å². The number of hydrogen-bond donors (Lipinski definition) is 2. The lowest BCUT2D eigenvalue weighted by Gasteiger charge is -2.23. The Morgan fingerprint density at radius 1 is 1.47 bits per heavy atom. The van der Waals surface area contributed by atoms with Gasteiger partial charge < -0.3 is 15.1 Å². The summed E-state index contributed by atoms with van der Waals surface area (Å²) in [6.45, 7) is 0.555. The minimum Gasteiger partial charge on any atom is -0.465 e. The van der Waals surface area contributed by atoms with Gasteiger partial charge >= 0.3 is 6.09 Å². The summed E-state index contributed by atoms with van der Waals surface area (Å²) in [5.41, 5.74) is 0.926. The van der Waals surface area contributed by atoms with Crippen LogP contribution >= 0.6 is 0 Å². The molecule has 1 aromatic carbocycles. The van der Waals surface area contributed by atoms with E-state index in [0.29, 0.717) is 6.54 Å². The standard InChI is InChI=1S/C13H17NO3/c1-14(12(16)17)9-13(7-11(13)8-15)10-5-3-2-4-6-10/h2-6,11,15H,7-9H2,1H3,(H,16,17)/t11-,13+/m0/s1. The zero-order chi connectivity index (χ0) is 12.5. The van der Waals surface area contributed by atoms with Crippen LogP contribution in [0.15, 0.2) is 30.3 Å². The van der Waals surface area contributed by atoms with Crippen molar-refractivity contribution in [2.75, 3.05) is 20.2 Å². The maximum Gasteiger partial charge on any atom is 0.407 e. The SMILES string of the molecule is CN(C[C@@]1(c2ccccc2)C[C@H]1CO)C(=O)O. The maximum atomic E-state index is 10.9. The molecule has 0 heterocycles. The highest BCUT2D eigenvalue weighted by Gasteiger charge is 2.55. The molecule has 17 heavy (non-hydrogen) atoms. The first-order valence-electron chi connectivity index (χ1n) is 5.70. The molecule has 2 N–H and O–H groups in total. The van der Waals surface area contributed by atoms with Gasteiger partial charge in [-0.1, -0.05) is 30.3 Å². The molecular formula is C13H17NO3.